The number of ether oxygens (including phenoxy) is 1. The van der Waals surface area contributed by atoms with E-state index in [2.05, 4.69) is 10.6 Å². The molecule has 3 amide bonds. The molecule has 7 heteroatoms. The highest BCUT2D eigenvalue weighted by molar-refractivity contribution is 6.35. The van der Waals surface area contributed by atoms with Gasteiger partial charge in [-0.2, -0.15) is 0 Å². The number of carbonyl (C=O) groups is 2. The summed E-state index contributed by atoms with van der Waals surface area (Å²) in [5, 5.41) is 5.69. The van der Waals surface area contributed by atoms with Gasteiger partial charge < -0.3 is 10.1 Å². The van der Waals surface area contributed by atoms with Crippen LogP contribution in [0.4, 0.5) is 4.79 Å². The Morgan fingerprint density at radius 3 is 2.38 bits per heavy atom. The van der Waals surface area contributed by atoms with E-state index in [-0.39, 0.29) is 5.70 Å². The summed E-state index contributed by atoms with van der Waals surface area (Å²) >= 11 is 12.0. The van der Waals surface area contributed by atoms with Crippen LogP contribution >= 0.6 is 23.2 Å². The topological polar surface area (TPSA) is 67.4 Å². The van der Waals surface area contributed by atoms with E-state index in [0.717, 1.165) is 11.1 Å². The van der Waals surface area contributed by atoms with Gasteiger partial charge in [-0.25, -0.2) is 4.79 Å². The second-order valence-corrected chi connectivity index (χ2v) is 5.90. The molecule has 122 valence electrons. The Labute approximate surface area is 148 Å². The van der Waals surface area contributed by atoms with Gasteiger partial charge in [0, 0.05) is 15.6 Å². The van der Waals surface area contributed by atoms with Crippen molar-refractivity contribution in [3.8, 4) is 5.75 Å². The van der Waals surface area contributed by atoms with Gasteiger partial charge in [0.05, 0.1) is 0 Å². The fraction of sp³-hybridized carbons (Fsp3) is 0.0588. The third-order valence-corrected chi connectivity index (χ3v) is 3.91. The lowest BCUT2D eigenvalue weighted by Crippen LogP contribution is -2.22. The van der Waals surface area contributed by atoms with Crippen LogP contribution in [-0.2, 0) is 11.4 Å². The summed E-state index contributed by atoms with van der Waals surface area (Å²) in [6, 6.07) is 11.8. The molecule has 0 spiro atoms. The van der Waals surface area contributed by atoms with Crippen LogP contribution in [0.5, 0.6) is 5.75 Å². The Bertz CT molecular complexity index is 832. The van der Waals surface area contributed by atoms with Gasteiger partial charge in [-0.15, -0.1) is 0 Å². The first-order valence-corrected chi connectivity index (χ1v) is 7.78. The standard InChI is InChI=1S/C17H12Cl2N2O3/c18-12-4-3-11(14(19)8-12)9-24-13-5-1-10(2-6-13)7-15-16(22)21-17(23)20-15/h1-8H,9H2,(H2,20,21,22,23)/b15-7-. The molecule has 1 aliphatic rings. The smallest absolute Gasteiger partial charge is 0.326 e. The molecule has 0 unspecified atom stereocenters. The maximum absolute atomic E-state index is 11.5. The molecule has 1 aliphatic heterocycles. The highest BCUT2D eigenvalue weighted by Gasteiger charge is 2.22. The Morgan fingerprint density at radius 1 is 1.00 bits per heavy atom. The second kappa shape index (κ2) is 6.95. The molecule has 0 aliphatic carbocycles. The SMILES string of the molecule is O=C1NC(=O)/C(=C/c2ccc(OCc3ccc(Cl)cc3Cl)cc2)N1. The van der Waals surface area contributed by atoms with Crippen LogP contribution in [0.3, 0.4) is 0 Å². The van der Waals surface area contributed by atoms with Crippen molar-refractivity contribution in [1.82, 2.24) is 10.6 Å². The lowest BCUT2D eigenvalue weighted by Gasteiger charge is -2.08. The zero-order chi connectivity index (χ0) is 17.1. The molecule has 24 heavy (non-hydrogen) atoms. The van der Waals surface area contributed by atoms with Gasteiger partial charge in [0.15, 0.2) is 0 Å². The molecule has 2 aromatic rings. The van der Waals surface area contributed by atoms with E-state index in [0.29, 0.717) is 22.4 Å². The minimum atomic E-state index is -0.522. The second-order valence-electron chi connectivity index (χ2n) is 5.06. The van der Waals surface area contributed by atoms with E-state index in [1.807, 2.05) is 6.07 Å². The lowest BCUT2D eigenvalue weighted by atomic mass is 10.2. The van der Waals surface area contributed by atoms with E-state index >= 15 is 0 Å². The minimum absolute atomic E-state index is 0.210. The number of rotatable bonds is 4. The number of benzene rings is 2. The lowest BCUT2D eigenvalue weighted by molar-refractivity contribution is -0.115. The number of halogens is 2. The molecule has 2 aromatic carbocycles. The quantitative estimate of drug-likeness (QED) is 0.642. The van der Waals surface area contributed by atoms with Gasteiger partial charge >= 0.3 is 6.03 Å². The minimum Gasteiger partial charge on any atom is -0.489 e. The van der Waals surface area contributed by atoms with Gasteiger partial charge in [-0.1, -0.05) is 41.4 Å². The van der Waals surface area contributed by atoms with Gasteiger partial charge in [-0.3, -0.25) is 10.1 Å². The van der Waals surface area contributed by atoms with Crippen molar-refractivity contribution in [1.29, 1.82) is 0 Å². The van der Waals surface area contributed by atoms with Crippen molar-refractivity contribution in [3.63, 3.8) is 0 Å². The van der Waals surface area contributed by atoms with Gasteiger partial charge in [0.2, 0.25) is 0 Å². The highest BCUT2D eigenvalue weighted by atomic mass is 35.5. The van der Waals surface area contributed by atoms with Crippen molar-refractivity contribution in [2.24, 2.45) is 0 Å². The number of nitrogens with one attached hydrogen (secondary N) is 2. The van der Waals surface area contributed by atoms with Crippen molar-refractivity contribution in [2.45, 2.75) is 6.61 Å². The van der Waals surface area contributed by atoms with E-state index in [1.165, 1.54) is 0 Å². The molecule has 1 saturated heterocycles. The first-order valence-electron chi connectivity index (χ1n) is 7.02. The fourth-order valence-corrected chi connectivity index (χ4v) is 2.57. The molecule has 1 heterocycles. The maximum atomic E-state index is 11.5. The van der Waals surface area contributed by atoms with Crippen LogP contribution < -0.4 is 15.4 Å². The van der Waals surface area contributed by atoms with Crippen LogP contribution in [0, 0.1) is 0 Å². The number of hydrogen-bond donors (Lipinski definition) is 2. The van der Waals surface area contributed by atoms with E-state index < -0.39 is 11.9 Å². The summed E-state index contributed by atoms with van der Waals surface area (Å²) in [4.78, 5) is 22.5. The normalized spacial score (nSPS) is 15.3. The number of hydrogen-bond acceptors (Lipinski definition) is 3. The number of imide groups is 1. The third kappa shape index (κ3) is 3.88. The number of amides is 3. The van der Waals surface area contributed by atoms with Gasteiger partial charge in [0.25, 0.3) is 5.91 Å². The van der Waals surface area contributed by atoms with Crippen LogP contribution in [-0.4, -0.2) is 11.9 Å². The molecule has 3 rings (SSSR count). The van der Waals surface area contributed by atoms with E-state index in [1.54, 1.807) is 42.5 Å². The molecule has 2 N–H and O–H groups in total. The molecular weight excluding hydrogens is 351 g/mol. The Hall–Kier alpha value is -2.50. The third-order valence-electron chi connectivity index (χ3n) is 3.32. The van der Waals surface area contributed by atoms with Gasteiger partial charge in [0.1, 0.15) is 18.1 Å². The van der Waals surface area contributed by atoms with Crippen molar-refractivity contribution in [2.75, 3.05) is 0 Å². The molecule has 0 bridgehead atoms. The predicted molar refractivity (Wildman–Crippen MR) is 91.9 cm³/mol. The summed E-state index contributed by atoms with van der Waals surface area (Å²) in [7, 11) is 0. The zero-order valence-corrected chi connectivity index (χ0v) is 13.8. The Kier molecular flexibility index (Phi) is 4.74. The van der Waals surface area contributed by atoms with E-state index in [9.17, 15) is 9.59 Å². The van der Waals surface area contributed by atoms with Crippen LogP contribution in [0.25, 0.3) is 6.08 Å². The monoisotopic (exact) mass is 362 g/mol. The number of urea groups is 1. The molecule has 0 atom stereocenters. The van der Waals surface area contributed by atoms with Gasteiger partial charge in [-0.05, 0) is 35.9 Å². The Morgan fingerprint density at radius 2 is 1.75 bits per heavy atom. The summed E-state index contributed by atoms with van der Waals surface area (Å²) in [6.45, 7) is 0.314. The Balaban J connectivity index is 1.65. The molecule has 0 aromatic heterocycles. The zero-order valence-electron chi connectivity index (χ0n) is 12.3. The van der Waals surface area contributed by atoms with Crippen molar-refractivity contribution in [3.05, 3.63) is 69.3 Å². The summed E-state index contributed by atoms with van der Waals surface area (Å²) in [5.74, 6) is 0.209. The van der Waals surface area contributed by atoms with Crippen LogP contribution in [0.1, 0.15) is 11.1 Å². The maximum Gasteiger partial charge on any atom is 0.326 e. The van der Waals surface area contributed by atoms with Crippen LogP contribution in [0.2, 0.25) is 10.0 Å². The average molecular weight is 363 g/mol. The summed E-state index contributed by atoms with van der Waals surface area (Å²) in [6.07, 6.45) is 1.58. The largest absolute Gasteiger partial charge is 0.489 e. The number of carbonyl (C=O) groups excluding carboxylic acids is 2. The molecule has 5 nitrogen and oxygen atoms in total. The van der Waals surface area contributed by atoms with E-state index in [4.69, 9.17) is 27.9 Å². The fourth-order valence-electron chi connectivity index (χ4n) is 2.11. The summed E-state index contributed by atoms with van der Waals surface area (Å²) < 4.78 is 5.68. The average Bonchev–Trinajstić information content (AvgIpc) is 2.85. The molecular formula is C17H12Cl2N2O3. The molecule has 0 saturated carbocycles. The van der Waals surface area contributed by atoms with Crippen molar-refractivity contribution >= 4 is 41.2 Å². The first kappa shape index (κ1) is 16.4. The van der Waals surface area contributed by atoms with Crippen LogP contribution in [0.15, 0.2) is 48.2 Å². The first-order chi connectivity index (χ1) is 11.5. The molecule has 0 radical (unpaired) electrons. The van der Waals surface area contributed by atoms with Crippen molar-refractivity contribution < 1.29 is 14.3 Å². The predicted octanol–water partition coefficient (Wildman–Crippen LogP) is 3.75. The highest BCUT2D eigenvalue weighted by Crippen LogP contribution is 2.23. The summed E-state index contributed by atoms with van der Waals surface area (Å²) in [5.41, 5.74) is 1.80. The molecule has 1 fully saturated rings.